The summed E-state index contributed by atoms with van der Waals surface area (Å²) in [7, 11) is -0.320. The van der Waals surface area contributed by atoms with Crippen LogP contribution in [0.15, 0.2) is 191 Å². The monoisotopic (exact) mass is 593 g/mol. The first-order valence-electron chi connectivity index (χ1n) is 15.3. The molecule has 0 aliphatic rings. The number of hydrogen-bond donors (Lipinski definition) is 0. The van der Waals surface area contributed by atoms with Crippen molar-refractivity contribution in [1.29, 1.82) is 0 Å². The number of fused-ring (bicyclic) bond motifs is 6. The Morgan fingerprint density at radius 2 is 0.600 bits per heavy atom. The van der Waals surface area contributed by atoms with Crippen LogP contribution in [0, 0.1) is 0 Å². The second-order valence-corrected chi connectivity index (χ2v) is 13.4. The largest absolute Gasteiger partial charge is 0.309 e. The van der Waals surface area contributed by atoms with Gasteiger partial charge in [-0.15, -0.1) is 0 Å². The smallest absolute Gasteiger partial charge is 0.170 e. The summed E-state index contributed by atoms with van der Waals surface area (Å²) in [4.78, 5) is 3.89. The van der Waals surface area contributed by atoms with E-state index in [9.17, 15) is 0 Å². The molecule has 0 aliphatic heterocycles. The number of nitrogens with zero attached hydrogens (tertiary/aromatic N) is 2. The van der Waals surface area contributed by atoms with Gasteiger partial charge in [0.15, 0.2) is 14.7 Å². The zero-order valence-corrected chi connectivity index (χ0v) is 25.4. The summed E-state index contributed by atoms with van der Waals surface area (Å²) < 4.78 is 4.89. The van der Waals surface area contributed by atoms with Crippen LogP contribution in [0.4, 0.5) is 0 Å². The number of aromatic nitrogens is 2. The maximum atomic E-state index is 2.45. The second-order valence-electron chi connectivity index (χ2n) is 11.4. The Balaban J connectivity index is 1.42. The molecule has 0 bridgehead atoms. The highest BCUT2D eigenvalue weighted by Crippen LogP contribution is 2.39. The number of para-hydroxylation sites is 4. The maximum absolute atomic E-state index is 2.45. The fourth-order valence-corrected chi connectivity index (χ4v) is 9.02. The molecule has 0 amide bonds. The highest BCUT2D eigenvalue weighted by molar-refractivity contribution is 7.97. The molecule has 0 aliphatic carbocycles. The van der Waals surface area contributed by atoms with Crippen LogP contribution >= 0.6 is 0 Å². The van der Waals surface area contributed by atoms with E-state index in [1.807, 2.05) is 0 Å². The summed E-state index contributed by atoms with van der Waals surface area (Å²) in [5, 5.41) is 5.06. The van der Waals surface area contributed by atoms with E-state index in [2.05, 4.69) is 185 Å². The lowest BCUT2D eigenvalue weighted by Crippen LogP contribution is -2.08. The molecule has 3 heteroatoms. The zero-order chi connectivity index (χ0) is 29.7. The van der Waals surface area contributed by atoms with Gasteiger partial charge in [-0.2, -0.15) is 0 Å². The van der Waals surface area contributed by atoms with Crippen molar-refractivity contribution in [3.05, 3.63) is 176 Å². The van der Waals surface area contributed by atoms with E-state index in [0.29, 0.717) is 0 Å². The van der Waals surface area contributed by atoms with Crippen molar-refractivity contribution in [2.75, 3.05) is 0 Å². The fourth-order valence-electron chi connectivity index (χ4n) is 6.87. The number of benzene rings is 7. The Kier molecular flexibility index (Phi) is 6.10. The van der Waals surface area contributed by atoms with Crippen LogP contribution in [0.3, 0.4) is 0 Å². The Morgan fingerprint density at radius 1 is 0.289 bits per heavy atom. The van der Waals surface area contributed by atoms with E-state index in [1.54, 1.807) is 0 Å². The van der Waals surface area contributed by atoms with Crippen LogP contribution in [0.2, 0.25) is 0 Å². The van der Waals surface area contributed by atoms with Crippen LogP contribution in [-0.4, -0.2) is 9.13 Å². The number of rotatable bonds is 5. The maximum Gasteiger partial charge on any atom is 0.170 e. The minimum absolute atomic E-state index is 0.320. The van der Waals surface area contributed by atoms with E-state index < -0.39 is 0 Å². The van der Waals surface area contributed by atoms with E-state index in [-0.39, 0.29) is 10.9 Å². The Morgan fingerprint density at radius 3 is 0.956 bits per heavy atom. The first-order chi connectivity index (χ1) is 22.3. The van der Waals surface area contributed by atoms with Gasteiger partial charge in [-0.05, 0) is 54.6 Å². The Labute approximate surface area is 264 Å². The van der Waals surface area contributed by atoms with Gasteiger partial charge in [-0.1, -0.05) is 109 Å². The van der Waals surface area contributed by atoms with Crippen LogP contribution in [0.5, 0.6) is 0 Å². The van der Waals surface area contributed by atoms with Crippen LogP contribution in [0.1, 0.15) is 0 Å². The third-order valence-electron chi connectivity index (χ3n) is 8.75. The average molecular weight is 594 g/mol. The van der Waals surface area contributed by atoms with Crippen molar-refractivity contribution in [3.8, 4) is 11.4 Å². The molecule has 0 spiro atoms. The van der Waals surface area contributed by atoms with E-state index >= 15 is 0 Å². The molecule has 2 heterocycles. The molecule has 2 nitrogen and oxygen atoms in total. The van der Waals surface area contributed by atoms with E-state index in [4.69, 9.17) is 0 Å². The summed E-state index contributed by atoms with van der Waals surface area (Å²) in [6.45, 7) is 0. The van der Waals surface area contributed by atoms with Gasteiger partial charge in [-0.3, -0.25) is 0 Å². The normalized spacial score (nSPS) is 11.8. The molecule has 0 atom stereocenters. The second kappa shape index (κ2) is 10.6. The first kappa shape index (κ1) is 25.9. The van der Waals surface area contributed by atoms with Crippen molar-refractivity contribution < 1.29 is 0 Å². The SMILES string of the molecule is c1ccc([S+](c2ccccc2)c2cc(-n3c4ccccc4c4ccccc43)cc(-n3c4ccccc4c4ccccc43)c2)cc1. The standard InChI is InChI=1S/C42H29N2S/c1-3-15-32(16-4-1)45(33-17-5-2-6-18-33)34-28-30(43-39-23-11-7-19-35(39)36-20-8-12-24-40(36)43)27-31(29-34)44-41-25-13-9-21-37(41)38-22-10-14-26-42(38)44/h1-29H/q+1. The molecular weight excluding hydrogens is 565 g/mol. The van der Waals surface area contributed by atoms with Gasteiger partial charge in [0, 0.05) is 33.7 Å². The highest BCUT2D eigenvalue weighted by Gasteiger charge is 2.30. The molecule has 0 fully saturated rings. The zero-order valence-electron chi connectivity index (χ0n) is 24.5. The minimum atomic E-state index is -0.320. The predicted molar refractivity (Wildman–Crippen MR) is 190 cm³/mol. The molecule has 7 aromatic carbocycles. The quantitative estimate of drug-likeness (QED) is 0.176. The van der Waals surface area contributed by atoms with Crippen molar-refractivity contribution in [2.45, 2.75) is 14.7 Å². The van der Waals surface area contributed by atoms with Gasteiger partial charge in [0.1, 0.15) is 0 Å². The summed E-state index contributed by atoms with van der Waals surface area (Å²) in [5.41, 5.74) is 7.16. The molecule has 9 aromatic rings. The third-order valence-corrected chi connectivity index (χ3v) is 10.9. The molecule has 0 unspecified atom stereocenters. The minimum Gasteiger partial charge on any atom is -0.309 e. The van der Waals surface area contributed by atoms with Crippen molar-refractivity contribution in [2.24, 2.45) is 0 Å². The lowest BCUT2D eigenvalue weighted by Gasteiger charge is -2.16. The molecule has 0 saturated heterocycles. The van der Waals surface area contributed by atoms with Crippen LogP contribution < -0.4 is 0 Å². The van der Waals surface area contributed by atoms with Gasteiger partial charge in [0.25, 0.3) is 0 Å². The van der Waals surface area contributed by atoms with Crippen molar-refractivity contribution >= 4 is 54.5 Å². The molecule has 9 rings (SSSR count). The summed E-state index contributed by atoms with van der Waals surface area (Å²) in [6, 6.07) is 64.2. The summed E-state index contributed by atoms with van der Waals surface area (Å²) in [6.07, 6.45) is 0. The third kappa shape index (κ3) is 4.20. The van der Waals surface area contributed by atoms with Gasteiger partial charge in [-0.25, -0.2) is 0 Å². The number of hydrogen-bond acceptors (Lipinski definition) is 0. The average Bonchev–Trinajstić information content (AvgIpc) is 3.63. The highest BCUT2D eigenvalue weighted by atomic mass is 32.2. The van der Waals surface area contributed by atoms with Crippen molar-refractivity contribution in [3.63, 3.8) is 0 Å². The Bertz CT molecular complexity index is 2210. The molecule has 2 aromatic heterocycles. The lowest BCUT2D eigenvalue weighted by atomic mass is 10.2. The van der Waals surface area contributed by atoms with Crippen LogP contribution in [0.25, 0.3) is 55.0 Å². The summed E-state index contributed by atoms with van der Waals surface area (Å²) in [5.74, 6) is 0. The molecule has 0 N–H and O–H groups in total. The van der Waals surface area contributed by atoms with Gasteiger partial charge >= 0.3 is 0 Å². The van der Waals surface area contributed by atoms with Crippen LogP contribution in [-0.2, 0) is 10.9 Å². The molecule has 0 saturated carbocycles. The van der Waals surface area contributed by atoms with Gasteiger partial charge in [0.2, 0.25) is 0 Å². The van der Waals surface area contributed by atoms with Crippen molar-refractivity contribution in [1.82, 2.24) is 9.13 Å². The predicted octanol–water partition coefficient (Wildman–Crippen LogP) is 11.0. The molecular formula is C42H29N2S+. The van der Waals surface area contributed by atoms with E-state index in [0.717, 1.165) is 11.4 Å². The fraction of sp³-hybridized carbons (Fsp3) is 0. The molecule has 45 heavy (non-hydrogen) atoms. The molecule has 212 valence electrons. The lowest BCUT2D eigenvalue weighted by molar-refractivity contribution is 1.11. The van der Waals surface area contributed by atoms with Gasteiger partial charge < -0.3 is 9.13 Å². The molecule has 0 radical (unpaired) electrons. The topological polar surface area (TPSA) is 9.86 Å². The van der Waals surface area contributed by atoms with Gasteiger partial charge in [0.05, 0.1) is 44.3 Å². The van der Waals surface area contributed by atoms with E-state index in [1.165, 1.54) is 58.3 Å². The first-order valence-corrected chi connectivity index (χ1v) is 16.5. The summed E-state index contributed by atoms with van der Waals surface area (Å²) >= 11 is 0. The Hall–Kier alpha value is -5.51.